The highest BCUT2D eigenvalue weighted by molar-refractivity contribution is 7.09. The number of hydrogen-bond acceptors (Lipinski definition) is 5. The summed E-state index contributed by atoms with van der Waals surface area (Å²) in [6.07, 6.45) is 4.18. The van der Waals surface area contributed by atoms with Crippen LogP contribution in [0, 0.1) is 0 Å². The molecule has 27 heavy (non-hydrogen) atoms. The molecule has 0 aromatic carbocycles. The second-order valence-electron chi connectivity index (χ2n) is 7.69. The number of rotatable bonds is 8. The fraction of sp³-hybridized carbons (Fsp3) is 0.600. The Hall–Kier alpha value is -1.70. The fourth-order valence-corrected chi connectivity index (χ4v) is 4.46. The van der Waals surface area contributed by atoms with Gasteiger partial charge in [0, 0.05) is 29.2 Å². The standard InChI is InChI=1S/C20H31N5OS/c1-23(2)10-6-11-24(3)15-8-9-18-17(13-15)19(22-25(18)4)20(26)21-14-16-7-5-12-27-16/h5,7,12,15H,6,8-11,13-14H2,1-4H3,(H,21,26). The average molecular weight is 390 g/mol. The molecule has 3 rings (SSSR count). The van der Waals surface area contributed by atoms with Crippen LogP contribution in [0.15, 0.2) is 17.5 Å². The van der Waals surface area contributed by atoms with Crippen LogP contribution in [0.2, 0.25) is 0 Å². The van der Waals surface area contributed by atoms with Crippen molar-refractivity contribution in [2.45, 2.75) is 38.3 Å². The molecule has 0 bridgehead atoms. The Morgan fingerprint density at radius 1 is 1.37 bits per heavy atom. The molecule has 0 spiro atoms. The first kappa shape index (κ1) is 20.0. The molecule has 1 N–H and O–H groups in total. The molecule has 0 radical (unpaired) electrons. The van der Waals surface area contributed by atoms with E-state index in [2.05, 4.69) is 41.4 Å². The molecular weight excluding hydrogens is 358 g/mol. The topological polar surface area (TPSA) is 53.4 Å². The third kappa shape index (κ3) is 4.97. The van der Waals surface area contributed by atoms with Gasteiger partial charge in [-0.05, 0) is 71.4 Å². The van der Waals surface area contributed by atoms with E-state index in [1.165, 1.54) is 5.69 Å². The molecule has 1 unspecified atom stereocenters. The van der Waals surface area contributed by atoms with Crippen molar-refractivity contribution in [1.82, 2.24) is 24.9 Å². The molecule has 7 heteroatoms. The van der Waals surface area contributed by atoms with Crippen molar-refractivity contribution in [3.05, 3.63) is 39.3 Å². The van der Waals surface area contributed by atoms with Gasteiger partial charge in [-0.3, -0.25) is 9.48 Å². The van der Waals surface area contributed by atoms with E-state index in [0.717, 1.165) is 49.2 Å². The lowest BCUT2D eigenvalue weighted by Crippen LogP contribution is -2.38. The van der Waals surface area contributed by atoms with Crippen molar-refractivity contribution < 1.29 is 4.79 Å². The summed E-state index contributed by atoms with van der Waals surface area (Å²) >= 11 is 1.66. The zero-order valence-electron chi connectivity index (χ0n) is 16.9. The third-order valence-electron chi connectivity index (χ3n) is 5.39. The lowest BCUT2D eigenvalue weighted by atomic mass is 9.90. The number of aromatic nitrogens is 2. The van der Waals surface area contributed by atoms with Crippen molar-refractivity contribution in [3.8, 4) is 0 Å². The van der Waals surface area contributed by atoms with Crippen molar-refractivity contribution in [2.24, 2.45) is 7.05 Å². The van der Waals surface area contributed by atoms with Gasteiger partial charge < -0.3 is 15.1 Å². The van der Waals surface area contributed by atoms with E-state index in [1.54, 1.807) is 11.3 Å². The number of nitrogens with zero attached hydrogens (tertiary/aromatic N) is 4. The van der Waals surface area contributed by atoms with Crippen LogP contribution >= 0.6 is 11.3 Å². The molecule has 2 aromatic rings. The van der Waals surface area contributed by atoms with Gasteiger partial charge in [0.1, 0.15) is 0 Å². The molecule has 6 nitrogen and oxygen atoms in total. The molecule has 0 saturated carbocycles. The van der Waals surface area contributed by atoms with E-state index in [-0.39, 0.29) is 5.91 Å². The number of amides is 1. The Morgan fingerprint density at radius 3 is 2.89 bits per heavy atom. The first-order chi connectivity index (χ1) is 13.0. The van der Waals surface area contributed by atoms with Crippen LogP contribution in [0.3, 0.4) is 0 Å². The zero-order chi connectivity index (χ0) is 19.4. The van der Waals surface area contributed by atoms with Crippen molar-refractivity contribution in [3.63, 3.8) is 0 Å². The monoisotopic (exact) mass is 389 g/mol. The average Bonchev–Trinajstić information content (AvgIpc) is 3.27. The maximum Gasteiger partial charge on any atom is 0.272 e. The maximum absolute atomic E-state index is 12.7. The van der Waals surface area contributed by atoms with Gasteiger partial charge in [0.05, 0.1) is 6.54 Å². The highest BCUT2D eigenvalue weighted by Gasteiger charge is 2.29. The number of thiophene rings is 1. The number of hydrogen-bond donors (Lipinski definition) is 1. The molecule has 1 aliphatic carbocycles. The Labute approximate surface area is 166 Å². The predicted octanol–water partition coefficient (Wildman–Crippen LogP) is 2.15. The summed E-state index contributed by atoms with van der Waals surface area (Å²) in [5.41, 5.74) is 2.96. The van der Waals surface area contributed by atoms with Gasteiger partial charge in [-0.1, -0.05) is 6.07 Å². The normalized spacial score (nSPS) is 16.7. The van der Waals surface area contributed by atoms with Crippen LogP contribution in [0.1, 0.15) is 39.5 Å². The Balaban J connectivity index is 1.65. The van der Waals surface area contributed by atoms with Gasteiger partial charge in [0.15, 0.2) is 5.69 Å². The molecule has 1 amide bonds. The third-order valence-corrected chi connectivity index (χ3v) is 6.26. The van der Waals surface area contributed by atoms with Crippen LogP contribution in [-0.2, 0) is 26.4 Å². The highest BCUT2D eigenvalue weighted by atomic mass is 32.1. The number of nitrogens with one attached hydrogen (secondary N) is 1. The van der Waals surface area contributed by atoms with Crippen LogP contribution in [0.25, 0.3) is 0 Å². The largest absolute Gasteiger partial charge is 0.346 e. The van der Waals surface area contributed by atoms with E-state index >= 15 is 0 Å². The van der Waals surface area contributed by atoms with E-state index in [1.807, 2.05) is 29.2 Å². The highest BCUT2D eigenvalue weighted by Crippen LogP contribution is 2.27. The van der Waals surface area contributed by atoms with Gasteiger partial charge in [-0.25, -0.2) is 0 Å². The van der Waals surface area contributed by atoms with E-state index < -0.39 is 0 Å². The molecule has 148 valence electrons. The number of carbonyl (C=O) groups is 1. The Bertz CT molecular complexity index is 753. The summed E-state index contributed by atoms with van der Waals surface area (Å²) in [4.78, 5) is 18.6. The van der Waals surface area contributed by atoms with Crippen LogP contribution in [-0.4, -0.2) is 65.8 Å². The van der Waals surface area contributed by atoms with Crippen molar-refractivity contribution in [2.75, 3.05) is 34.2 Å². The molecule has 2 aromatic heterocycles. The summed E-state index contributed by atoms with van der Waals surface area (Å²) in [6, 6.07) is 4.52. The second-order valence-corrected chi connectivity index (χ2v) is 8.73. The number of aryl methyl sites for hydroxylation is 1. The first-order valence-electron chi connectivity index (χ1n) is 9.66. The maximum atomic E-state index is 12.7. The SMILES string of the molecule is CN(C)CCCN(C)C1CCc2c(c(C(=O)NCc3cccs3)nn2C)C1. The number of likely N-dealkylation sites (N-methyl/N-ethyl adjacent to an activating group) is 1. The Kier molecular flexibility index (Phi) is 6.68. The lowest BCUT2D eigenvalue weighted by molar-refractivity contribution is 0.0944. The molecular formula is C20H31N5OS. The van der Waals surface area contributed by atoms with E-state index in [9.17, 15) is 4.79 Å². The second kappa shape index (κ2) is 8.99. The van der Waals surface area contributed by atoms with Gasteiger partial charge in [-0.2, -0.15) is 5.10 Å². The molecule has 1 atom stereocenters. The first-order valence-corrected chi connectivity index (χ1v) is 10.5. The van der Waals surface area contributed by atoms with Crippen molar-refractivity contribution >= 4 is 17.2 Å². The van der Waals surface area contributed by atoms with E-state index in [0.29, 0.717) is 18.3 Å². The molecule has 0 aliphatic heterocycles. The summed E-state index contributed by atoms with van der Waals surface area (Å²) in [5, 5.41) is 9.61. The zero-order valence-corrected chi connectivity index (χ0v) is 17.7. The quantitative estimate of drug-likeness (QED) is 0.752. The fourth-order valence-electron chi connectivity index (χ4n) is 3.81. The smallest absolute Gasteiger partial charge is 0.272 e. The van der Waals surface area contributed by atoms with Crippen molar-refractivity contribution in [1.29, 1.82) is 0 Å². The lowest BCUT2D eigenvalue weighted by Gasteiger charge is -2.32. The van der Waals surface area contributed by atoms with Crippen LogP contribution in [0.4, 0.5) is 0 Å². The summed E-state index contributed by atoms with van der Waals surface area (Å²) in [7, 11) is 8.39. The molecule has 1 aliphatic rings. The predicted molar refractivity (Wildman–Crippen MR) is 110 cm³/mol. The minimum absolute atomic E-state index is 0.0591. The summed E-state index contributed by atoms with van der Waals surface area (Å²) < 4.78 is 1.90. The van der Waals surface area contributed by atoms with Gasteiger partial charge in [-0.15, -0.1) is 11.3 Å². The number of fused-ring (bicyclic) bond motifs is 1. The number of carbonyl (C=O) groups excluding carboxylic acids is 1. The van der Waals surface area contributed by atoms with Gasteiger partial charge in [0.25, 0.3) is 5.91 Å². The summed E-state index contributed by atoms with van der Waals surface area (Å²) in [5.74, 6) is -0.0591. The minimum atomic E-state index is -0.0591. The van der Waals surface area contributed by atoms with Gasteiger partial charge >= 0.3 is 0 Å². The minimum Gasteiger partial charge on any atom is -0.346 e. The Morgan fingerprint density at radius 2 is 2.19 bits per heavy atom. The molecule has 0 fully saturated rings. The van der Waals surface area contributed by atoms with Gasteiger partial charge in [0.2, 0.25) is 0 Å². The summed E-state index contributed by atoms with van der Waals surface area (Å²) in [6.45, 7) is 2.75. The molecule has 0 saturated heterocycles. The molecule has 2 heterocycles. The van der Waals surface area contributed by atoms with Crippen LogP contribution < -0.4 is 5.32 Å². The van der Waals surface area contributed by atoms with E-state index in [4.69, 9.17) is 0 Å². The van der Waals surface area contributed by atoms with Crippen LogP contribution in [0.5, 0.6) is 0 Å².